The van der Waals surface area contributed by atoms with Crippen LogP contribution in [-0.2, 0) is 16.0 Å². The zero-order chi connectivity index (χ0) is 22.2. The van der Waals surface area contributed by atoms with Crippen LogP contribution in [0.25, 0.3) is 11.3 Å². The number of thioether (sulfide) groups is 1. The number of aromatic nitrogens is 1. The number of thiazole rings is 1. The van der Waals surface area contributed by atoms with Gasteiger partial charge in [-0.05, 0) is 50.1 Å². The van der Waals surface area contributed by atoms with E-state index in [4.69, 9.17) is 0 Å². The summed E-state index contributed by atoms with van der Waals surface area (Å²) in [7, 11) is 0. The zero-order valence-corrected chi connectivity index (χ0v) is 19.0. The molecule has 8 heteroatoms. The van der Waals surface area contributed by atoms with Crippen molar-refractivity contribution in [2.75, 3.05) is 17.6 Å². The van der Waals surface area contributed by atoms with Gasteiger partial charge in [-0.3, -0.25) is 9.59 Å². The molecule has 3 aromatic rings. The van der Waals surface area contributed by atoms with Gasteiger partial charge in [0.1, 0.15) is 5.82 Å². The predicted octanol–water partition coefficient (Wildman–Crippen LogP) is 4.68. The Morgan fingerprint density at radius 2 is 1.84 bits per heavy atom. The highest BCUT2D eigenvalue weighted by Gasteiger charge is 2.15. The molecule has 31 heavy (non-hydrogen) atoms. The number of nitrogens with zero attached hydrogens (tertiary/aromatic N) is 1. The molecule has 0 bridgehead atoms. The van der Waals surface area contributed by atoms with Crippen LogP contribution in [0.4, 0.5) is 10.1 Å². The highest BCUT2D eigenvalue weighted by Crippen LogP contribution is 2.22. The smallest absolute Gasteiger partial charge is 0.234 e. The van der Waals surface area contributed by atoms with Gasteiger partial charge in [0.25, 0.3) is 0 Å². The number of hydrogen-bond acceptors (Lipinski definition) is 5. The number of nitrogens with one attached hydrogen (secondary N) is 2. The molecule has 0 saturated heterocycles. The minimum atomic E-state index is -0.358. The van der Waals surface area contributed by atoms with Gasteiger partial charge in [-0.25, -0.2) is 9.37 Å². The van der Waals surface area contributed by atoms with Crippen molar-refractivity contribution in [3.05, 3.63) is 70.3 Å². The Morgan fingerprint density at radius 3 is 2.48 bits per heavy atom. The van der Waals surface area contributed by atoms with E-state index in [1.54, 1.807) is 18.3 Å². The van der Waals surface area contributed by atoms with E-state index in [-0.39, 0.29) is 28.6 Å². The van der Waals surface area contributed by atoms with Gasteiger partial charge in [-0.2, -0.15) is 0 Å². The van der Waals surface area contributed by atoms with Gasteiger partial charge in [0, 0.05) is 23.2 Å². The van der Waals surface area contributed by atoms with Crippen molar-refractivity contribution in [1.29, 1.82) is 0 Å². The van der Waals surface area contributed by atoms with Gasteiger partial charge >= 0.3 is 0 Å². The molecule has 1 atom stereocenters. The summed E-state index contributed by atoms with van der Waals surface area (Å²) in [5.41, 5.74) is 3.73. The van der Waals surface area contributed by atoms with Crippen LogP contribution >= 0.6 is 23.1 Å². The maximum Gasteiger partial charge on any atom is 0.234 e. The molecule has 0 aliphatic heterocycles. The number of amides is 2. The lowest BCUT2D eigenvalue weighted by molar-refractivity contribution is -0.120. The van der Waals surface area contributed by atoms with Crippen LogP contribution in [0.5, 0.6) is 0 Å². The van der Waals surface area contributed by atoms with Gasteiger partial charge < -0.3 is 10.6 Å². The van der Waals surface area contributed by atoms with E-state index in [2.05, 4.69) is 15.6 Å². The summed E-state index contributed by atoms with van der Waals surface area (Å²) >= 11 is 2.89. The van der Waals surface area contributed by atoms with Crippen molar-refractivity contribution in [2.24, 2.45) is 0 Å². The summed E-state index contributed by atoms with van der Waals surface area (Å²) < 4.78 is 12.9. The highest BCUT2D eigenvalue weighted by molar-refractivity contribution is 8.01. The lowest BCUT2D eigenvalue weighted by Crippen LogP contribution is -2.33. The third kappa shape index (κ3) is 7.18. The van der Waals surface area contributed by atoms with Crippen molar-refractivity contribution < 1.29 is 14.0 Å². The SMILES string of the molecule is Cc1nc(-c2ccc(CCNC(=O)C(C)SCC(=O)Nc3ccc(F)cc3)cc2)cs1. The lowest BCUT2D eigenvalue weighted by Gasteiger charge is -2.12. The first kappa shape index (κ1) is 23.0. The number of halogens is 1. The number of hydrogen-bond donors (Lipinski definition) is 2. The first-order valence-corrected chi connectivity index (χ1v) is 11.8. The molecule has 1 unspecified atom stereocenters. The molecule has 0 radical (unpaired) electrons. The Hall–Kier alpha value is -2.71. The molecule has 0 spiro atoms. The topological polar surface area (TPSA) is 71.1 Å². The number of anilines is 1. The Bertz CT molecular complexity index is 1020. The second kappa shape index (κ2) is 11.1. The van der Waals surface area contributed by atoms with Crippen molar-refractivity contribution in [2.45, 2.75) is 25.5 Å². The molecule has 5 nitrogen and oxygen atoms in total. The van der Waals surface area contributed by atoms with Gasteiger partial charge in [-0.15, -0.1) is 23.1 Å². The molecule has 0 aliphatic rings. The molecule has 1 heterocycles. The number of carbonyl (C=O) groups is 2. The predicted molar refractivity (Wildman–Crippen MR) is 126 cm³/mol. The number of carbonyl (C=O) groups excluding carboxylic acids is 2. The van der Waals surface area contributed by atoms with Crippen molar-refractivity contribution in [3.8, 4) is 11.3 Å². The van der Waals surface area contributed by atoms with Gasteiger partial charge in [-0.1, -0.05) is 24.3 Å². The molecular weight excluding hydrogens is 433 g/mol. The lowest BCUT2D eigenvalue weighted by atomic mass is 10.1. The second-order valence-corrected chi connectivity index (χ2v) is 9.39. The van der Waals surface area contributed by atoms with Crippen LogP contribution < -0.4 is 10.6 Å². The van der Waals surface area contributed by atoms with E-state index in [1.807, 2.05) is 36.6 Å². The van der Waals surface area contributed by atoms with Gasteiger partial charge in [0.05, 0.1) is 21.7 Å². The first-order valence-electron chi connectivity index (χ1n) is 9.87. The van der Waals surface area contributed by atoms with Crippen LogP contribution in [0.2, 0.25) is 0 Å². The van der Waals surface area contributed by atoms with Crippen LogP contribution in [0.15, 0.2) is 53.9 Å². The zero-order valence-electron chi connectivity index (χ0n) is 17.4. The van der Waals surface area contributed by atoms with Crippen LogP contribution in [0.1, 0.15) is 17.5 Å². The maximum absolute atomic E-state index is 12.9. The summed E-state index contributed by atoms with van der Waals surface area (Å²) in [5.74, 6) is -0.548. The molecule has 3 rings (SSSR count). The van der Waals surface area contributed by atoms with E-state index in [0.29, 0.717) is 12.2 Å². The fraction of sp³-hybridized carbons (Fsp3) is 0.261. The van der Waals surface area contributed by atoms with Gasteiger partial charge in [0.2, 0.25) is 11.8 Å². The molecule has 2 amide bonds. The monoisotopic (exact) mass is 457 g/mol. The molecule has 162 valence electrons. The van der Waals surface area contributed by atoms with Crippen LogP contribution in [0, 0.1) is 12.7 Å². The minimum absolute atomic E-state index is 0.103. The molecule has 0 aliphatic carbocycles. The third-order valence-electron chi connectivity index (χ3n) is 4.54. The quantitative estimate of drug-likeness (QED) is 0.490. The van der Waals surface area contributed by atoms with Crippen molar-refractivity contribution >= 4 is 40.6 Å². The largest absolute Gasteiger partial charge is 0.355 e. The summed E-state index contributed by atoms with van der Waals surface area (Å²) in [4.78, 5) is 28.8. The van der Waals surface area contributed by atoms with Crippen molar-refractivity contribution in [1.82, 2.24) is 10.3 Å². The standard InChI is InChI=1S/C23H24FN3O2S2/c1-15(30-14-22(28)27-20-9-7-19(24)8-10-20)23(29)25-12-11-17-3-5-18(6-4-17)21-13-31-16(2)26-21/h3-10,13,15H,11-12,14H2,1-2H3,(H,25,29)(H,27,28). The average Bonchev–Trinajstić information content (AvgIpc) is 3.20. The number of benzene rings is 2. The fourth-order valence-corrected chi connectivity index (χ4v) is 4.15. The van der Waals surface area contributed by atoms with Crippen LogP contribution in [-0.4, -0.2) is 34.3 Å². The summed E-state index contributed by atoms with van der Waals surface area (Å²) in [6, 6.07) is 13.8. The maximum atomic E-state index is 12.9. The Balaban J connectivity index is 1.37. The highest BCUT2D eigenvalue weighted by atomic mass is 32.2. The fourth-order valence-electron chi connectivity index (χ4n) is 2.82. The number of aryl methyl sites for hydroxylation is 1. The molecular formula is C23H24FN3O2S2. The second-order valence-electron chi connectivity index (χ2n) is 7.00. The molecule has 1 aromatic heterocycles. The summed E-state index contributed by atoms with van der Waals surface area (Å²) in [5, 5.41) is 8.34. The molecule has 0 fully saturated rings. The van der Waals surface area contributed by atoms with E-state index >= 15 is 0 Å². The Morgan fingerprint density at radius 1 is 1.13 bits per heavy atom. The molecule has 0 saturated carbocycles. The van der Waals surface area contributed by atoms with Crippen LogP contribution in [0.3, 0.4) is 0 Å². The normalized spacial score (nSPS) is 11.7. The van der Waals surface area contributed by atoms with Gasteiger partial charge in [0.15, 0.2) is 0 Å². The third-order valence-corrected chi connectivity index (χ3v) is 6.46. The molecule has 2 N–H and O–H groups in total. The van der Waals surface area contributed by atoms with E-state index < -0.39 is 0 Å². The molecule has 2 aromatic carbocycles. The Kier molecular flexibility index (Phi) is 8.20. The Labute approximate surface area is 189 Å². The minimum Gasteiger partial charge on any atom is -0.355 e. The summed E-state index contributed by atoms with van der Waals surface area (Å²) in [6.45, 7) is 4.29. The van der Waals surface area contributed by atoms with Crippen molar-refractivity contribution in [3.63, 3.8) is 0 Å². The van der Waals surface area contributed by atoms with E-state index in [0.717, 1.165) is 28.2 Å². The summed E-state index contributed by atoms with van der Waals surface area (Å²) in [6.07, 6.45) is 0.727. The first-order chi connectivity index (χ1) is 14.9. The average molecular weight is 458 g/mol. The van der Waals surface area contributed by atoms with E-state index in [9.17, 15) is 14.0 Å². The van der Waals surface area contributed by atoms with E-state index in [1.165, 1.54) is 36.0 Å². The number of rotatable bonds is 9.